The third-order valence-electron chi connectivity index (χ3n) is 0.557. The molecular weight excluding hydrogens is 240 g/mol. The van der Waals surface area contributed by atoms with E-state index in [9.17, 15) is 15.2 Å². The zero-order chi connectivity index (χ0) is 8.70. The fraction of sp³-hybridized carbons (Fsp3) is 0. The Labute approximate surface area is 65.7 Å². The second kappa shape index (κ2) is 2.27. The molecule has 0 aromatic heterocycles. The van der Waals surface area contributed by atoms with Gasteiger partial charge < -0.3 is 0 Å². The second-order valence-corrected chi connectivity index (χ2v) is 5.58. The van der Waals surface area contributed by atoms with Crippen molar-refractivity contribution in [1.29, 1.82) is 0 Å². The Balaban J connectivity index is 3.12. The van der Waals surface area contributed by atoms with Crippen molar-refractivity contribution in [2.24, 2.45) is 0 Å². The van der Waals surface area contributed by atoms with Gasteiger partial charge in [0.2, 0.25) is 0 Å². The molecule has 0 unspecified atom stereocenters. The number of hydrogen-bond acceptors (Lipinski definition) is 7. The Hall–Kier alpha value is -0.435. The van der Waals surface area contributed by atoms with Crippen molar-refractivity contribution in [3.8, 4) is 0 Å². The van der Waals surface area contributed by atoms with Gasteiger partial charge in [-0.3, -0.25) is 0 Å². The van der Waals surface area contributed by atoms with Crippen LogP contribution in [0.2, 0.25) is 0 Å². The average Bonchev–Trinajstić information content (AvgIpc) is 1.49. The summed E-state index contributed by atoms with van der Waals surface area (Å²) in [6.07, 6.45) is 0. The van der Waals surface area contributed by atoms with Crippen LogP contribution in [0.25, 0.3) is 0 Å². The van der Waals surface area contributed by atoms with E-state index >= 15 is 0 Å². The summed E-state index contributed by atoms with van der Waals surface area (Å²) in [4.78, 5) is 0. The van der Waals surface area contributed by atoms with Gasteiger partial charge in [0, 0.05) is 0 Å². The maximum atomic E-state index is 10.4. The van der Waals surface area contributed by atoms with Crippen molar-refractivity contribution in [2.45, 2.75) is 0 Å². The van der Waals surface area contributed by atoms with Crippen LogP contribution >= 0.6 is 0 Å². The van der Waals surface area contributed by atoms with E-state index in [-0.39, 0.29) is 0 Å². The molecule has 11 heavy (non-hydrogen) atoms. The van der Waals surface area contributed by atoms with E-state index in [1.54, 1.807) is 0 Å². The summed E-state index contributed by atoms with van der Waals surface area (Å²) in [6, 6.07) is 0. The molecule has 0 N–H and O–H groups in total. The van der Waals surface area contributed by atoms with Gasteiger partial charge in [0.1, 0.15) is 0 Å². The van der Waals surface area contributed by atoms with Crippen LogP contribution in [0, 0.1) is 0 Å². The van der Waals surface area contributed by atoms with E-state index in [4.69, 9.17) is 0 Å². The average molecular weight is 242 g/mol. The SMILES string of the molecule is C=C1[O][Cr](=[O])(=[O])[O][Cr](=[O])(=[O])[O]1. The summed E-state index contributed by atoms with van der Waals surface area (Å²) < 4.78 is 52.8. The topological polar surface area (TPSA) is 96.0 Å². The predicted molar refractivity (Wildman–Crippen MR) is 15.1 cm³/mol. The molecule has 0 spiro atoms. The van der Waals surface area contributed by atoms with Crippen LogP contribution in [0.3, 0.4) is 0 Å². The number of rotatable bonds is 0. The van der Waals surface area contributed by atoms with Gasteiger partial charge in [-0.2, -0.15) is 0 Å². The molecule has 7 nitrogen and oxygen atoms in total. The molecule has 0 atom stereocenters. The monoisotopic (exact) mass is 242 g/mol. The van der Waals surface area contributed by atoms with E-state index in [1.165, 1.54) is 0 Å². The first-order chi connectivity index (χ1) is 4.81. The summed E-state index contributed by atoms with van der Waals surface area (Å²) in [7, 11) is 0. The van der Waals surface area contributed by atoms with Crippen LogP contribution in [0.4, 0.5) is 0 Å². The van der Waals surface area contributed by atoms with Crippen molar-refractivity contribution in [3.05, 3.63) is 12.5 Å². The minimum atomic E-state index is -5.24. The third-order valence-corrected chi connectivity index (χ3v) is 4.44. The molecule has 0 bridgehead atoms. The first kappa shape index (κ1) is 8.66. The molecule has 0 amide bonds. The van der Waals surface area contributed by atoms with Crippen molar-refractivity contribution >= 4 is 0 Å². The molecule has 0 radical (unpaired) electrons. The van der Waals surface area contributed by atoms with E-state index < -0.39 is 33.2 Å². The molecule has 1 aliphatic rings. The van der Waals surface area contributed by atoms with Gasteiger partial charge in [0.05, 0.1) is 0 Å². The summed E-state index contributed by atoms with van der Waals surface area (Å²) in [5.74, 6) is -0.800. The standard InChI is InChI=1S/C2H4O2.2Cr.5O/c1-2(3)4;;;;;;;/h3-4H,1H2;;;;;;;/q;2*+1;;;;;/p-2. The Morgan fingerprint density at radius 2 is 1.36 bits per heavy atom. The predicted octanol–water partition coefficient (Wildman–Crippen LogP) is -0.129. The second-order valence-electron chi connectivity index (χ2n) is 1.42. The molecule has 0 aromatic carbocycles. The van der Waals surface area contributed by atoms with Crippen LogP contribution in [-0.4, -0.2) is 0 Å². The van der Waals surface area contributed by atoms with E-state index in [2.05, 4.69) is 17.0 Å². The summed E-state index contributed by atoms with van der Waals surface area (Å²) in [5.41, 5.74) is 0. The summed E-state index contributed by atoms with van der Waals surface area (Å²) in [5, 5.41) is 0. The van der Waals surface area contributed by atoms with Crippen molar-refractivity contribution in [2.75, 3.05) is 0 Å². The van der Waals surface area contributed by atoms with Crippen LogP contribution in [-0.2, 0) is 52.9 Å². The fourth-order valence-electron chi connectivity index (χ4n) is 0.371. The first-order valence-electron chi connectivity index (χ1n) is 2.10. The molecule has 0 aliphatic carbocycles. The van der Waals surface area contributed by atoms with Crippen LogP contribution < -0.4 is 0 Å². The Morgan fingerprint density at radius 3 is 1.64 bits per heavy atom. The van der Waals surface area contributed by atoms with Crippen LogP contribution in [0.5, 0.6) is 0 Å². The molecule has 64 valence electrons. The molecule has 1 fully saturated rings. The zero-order valence-electron chi connectivity index (χ0n) is 4.88. The van der Waals surface area contributed by atoms with Crippen molar-refractivity contribution < 1.29 is 52.9 Å². The van der Waals surface area contributed by atoms with Gasteiger partial charge in [-0.1, -0.05) is 0 Å². The van der Waals surface area contributed by atoms with Gasteiger partial charge in [-0.15, -0.1) is 0 Å². The van der Waals surface area contributed by atoms with Crippen LogP contribution in [0.1, 0.15) is 0 Å². The molecule has 9 heteroatoms. The van der Waals surface area contributed by atoms with Crippen molar-refractivity contribution in [1.82, 2.24) is 0 Å². The van der Waals surface area contributed by atoms with Crippen LogP contribution in [0.15, 0.2) is 12.5 Å². The molecule has 1 aliphatic heterocycles. The quantitative estimate of drug-likeness (QED) is 0.583. The normalized spacial score (nSPS) is 26.7. The molecule has 0 saturated carbocycles. The van der Waals surface area contributed by atoms with Gasteiger partial charge in [-0.05, 0) is 0 Å². The molecule has 1 saturated heterocycles. The summed E-state index contributed by atoms with van der Waals surface area (Å²) >= 11 is -10.5. The van der Waals surface area contributed by atoms with Gasteiger partial charge in [-0.25, -0.2) is 0 Å². The molecule has 0 aromatic rings. The Bertz CT molecular complexity index is 335. The van der Waals surface area contributed by atoms with E-state index in [1.807, 2.05) is 0 Å². The van der Waals surface area contributed by atoms with Gasteiger partial charge in [0.25, 0.3) is 0 Å². The minimum absolute atomic E-state index is 0.800. The zero-order valence-corrected chi connectivity index (χ0v) is 7.43. The van der Waals surface area contributed by atoms with E-state index in [0.717, 1.165) is 0 Å². The Kier molecular flexibility index (Phi) is 1.79. The van der Waals surface area contributed by atoms with Gasteiger partial charge in [0.15, 0.2) is 0 Å². The maximum absolute atomic E-state index is 10.4. The molecular formula is C2H2Cr2O7. The van der Waals surface area contributed by atoms with Gasteiger partial charge >= 0.3 is 65.4 Å². The van der Waals surface area contributed by atoms with Crippen molar-refractivity contribution in [3.63, 3.8) is 0 Å². The Morgan fingerprint density at radius 1 is 1.00 bits per heavy atom. The third kappa shape index (κ3) is 2.26. The number of hydrogen-bond donors (Lipinski definition) is 0. The van der Waals surface area contributed by atoms with E-state index in [0.29, 0.717) is 0 Å². The summed E-state index contributed by atoms with van der Waals surface area (Å²) in [6.45, 7) is 2.86. The molecule has 1 heterocycles. The molecule has 1 rings (SSSR count). The fourth-order valence-corrected chi connectivity index (χ4v) is 3.38. The first-order valence-corrected chi connectivity index (χ1v) is 6.26.